The first-order valence-electron chi connectivity index (χ1n) is 6.05. The molecule has 0 unspecified atom stereocenters. The first-order valence-corrected chi connectivity index (χ1v) is 6.05. The molecule has 0 aromatic carbocycles. The van der Waals surface area contributed by atoms with Crippen LogP contribution in [0.5, 0.6) is 0 Å². The van der Waals surface area contributed by atoms with E-state index in [1.165, 1.54) is 11.4 Å². The minimum Gasteiger partial charge on any atom is -0.269 e. The quantitative estimate of drug-likeness (QED) is 0.737. The maximum Gasteiger partial charge on any atom is 0.0652 e. The highest BCUT2D eigenvalue weighted by Crippen LogP contribution is 2.14. The van der Waals surface area contributed by atoms with E-state index in [4.69, 9.17) is 0 Å². The third-order valence-electron chi connectivity index (χ3n) is 2.13. The van der Waals surface area contributed by atoms with E-state index in [0.717, 1.165) is 6.54 Å². The second-order valence-electron chi connectivity index (χ2n) is 4.44. The van der Waals surface area contributed by atoms with Gasteiger partial charge in [-0.25, -0.2) is 0 Å². The van der Waals surface area contributed by atoms with Crippen LogP contribution in [0.1, 0.15) is 58.8 Å². The van der Waals surface area contributed by atoms with E-state index in [1.807, 2.05) is 13.8 Å². The van der Waals surface area contributed by atoms with E-state index in [0.29, 0.717) is 11.8 Å². The maximum absolute atomic E-state index is 4.57. The van der Waals surface area contributed by atoms with E-state index in [1.54, 1.807) is 0 Å². The number of nitrogens with zero attached hydrogens (tertiary/aromatic N) is 2. The molecule has 0 amide bonds. The average molecular weight is 210 g/mol. The van der Waals surface area contributed by atoms with Crippen LogP contribution < -0.4 is 0 Å². The van der Waals surface area contributed by atoms with Crippen molar-refractivity contribution >= 4 is 0 Å². The summed E-state index contributed by atoms with van der Waals surface area (Å²) >= 11 is 0. The van der Waals surface area contributed by atoms with Crippen LogP contribution in [0.2, 0.25) is 0 Å². The molecule has 1 aromatic rings. The molecule has 0 fully saturated rings. The summed E-state index contributed by atoms with van der Waals surface area (Å²) in [5.41, 5.74) is 2.48. The van der Waals surface area contributed by atoms with E-state index in [9.17, 15) is 0 Å². The SMILES string of the molecule is CC.Cc1cc(C(C)C)nn1CC(C)C. The molecule has 2 heteroatoms. The summed E-state index contributed by atoms with van der Waals surface area (Å²) in [6.07, 6.45) is 0. The lowest BCUT2D eigenvalue weighted by Gasteiger charge is -2.06. The molecular weight excluding hydrogens is 184 g/mol. The first kappa shape index (κ1) is 14.2. The molecule has 0 saturated heterocycles. The minimum atomic E-state index is 0.534. The Morgan fingerprint density at radius 3 is 2.07 bits per heavy atom. The van der Waals surface area contributed by atoms with Gasteiger partial charge in [0, 0.05) is 12.2 Å². The molecule has 0 atom stereocenters. The highest BCUT2D eigenvalue weighted by atomic mass is 15.3. The number of hydrogen-bond acceptors (Lipinski definition) is 1. The normalized spacial score (nSPS) is 10.5. The Kier molecular flexibility index (Phi) is 6.30. The van der Waals surface area contributed by atoms with Crippen molar-refractivity contribution in [3.63, 3.8) is 0 Å². The highest BCUT2D eigenvalue weighted by molar-refractivity contribution is 5.11. The van der Waals surface area contributed by atoms with Gasteiger partial charge in [-0.2, -0.15) is 5.10 Å². The molecular formula is C13H26N2. The molecule has 0 bridgehead atoms. The second kappa shape index (κ2) is 6.65. The van der Waals surface area contributed by atoms with Crippen molar-refractivity contribution in [3.8, 4) is 0 Å². The Hall–Kier alpha value is -0.790. The van der Waals surface area contributed by atoms with Gasteiger partial charge in [0.1, 0.15) is 0 Å². The Morgan fingerprint density at radius 2 is 1.73 bits per heavy atom. The van der Waals surface area contributed by atoms with Crippen LogP contribution in [0.25, 0.3) is 0 Å². The van der Waals surface area contributed by atoms with Crippen LogP contribution in [0, 0.1) is 12.8 Å². The Morgan fingerprint density at radius 1 is 1.20 bits per heavy atom. The van der Waals surface area contributed by atoms with Crippen molar-refractivity contribution in [2.45, 2.75) is 60.9 Å². The lowest BCUT2D eigenvalue weighted by Crippen LogP contribution is -2.08. The van der Waals surface area contributed by atoms with Crippen molar-refractivity contribution in [3.05, 3.63) is 17.5 Å². The van der Waals surface area contributed by atoms with Gasteiger partial charge in [-0.15, -0.1) is 0 Å². The Labute approximate surface area is 94.7 Å². The molecule has 0 radical (unpaired) electrons. The number of aromatic nitrogens is 2. The van der Waals surface area contributed by atoms with Crippen molar-refractivity contribution in [1.82, 2.24) is 9.78 Å². The lowest BCUT2D eigenvalue weighted by molar-refractivity contribution is 0.470. The number of hydrogen-bond donors (Lipinski definition) is 0. The Balaban J connectivity index is 0.000000921. The van der Waals surface area contributed by atoms with Gasteiger partial charge in [0.15, 0.2) is 0 Å². The third kappa shape index (κ3) is 4.50. The molecule has 88 valence electrons. The fourth-order valence-electron chi connectivity index (χ4n) is 1.35. The summed E-state index contributed by atoms with van der Waals surface area (Å²) in [5.74, 6) is 1.20. The predicted octanol–water partition coefficient (Wildman–Crippen LogP) is 4.00. The zero-order valence-corrected chi connectivity index (χ0v) is 11.3. The van der Waals surface area contributed by atoms with Gasteiger partial charge in [-0.3, -0.25) is 4.68 Å². The van der Waals surface area contributed by atoms with Gasteiger partial charge in [0.25, 0.3) is 0 Å². The van der Waals surface area contributed by atoms with Crippen molar-refractivity contribution in [2.24, 2.45) is 5.92 Å². The first-order chi connectivity index (χ1) is 7.00. The highest BCUT2D eigenvalue weighted by Gasteiger charge is 2.07. The van der Waals surface area contributed by atoms with Crippen molar-refractivity contribution < 1.29 is 0 Å². The van der Waals surface area contributed by atoms with Crippen LogP contribution in [0.4, 0.5) is 0 Å². The molecule has 1 aromatic heterocycles. The van der Waals surface area contributed by atoms with Crippen LogP contribution in [-0.4, -0.2) is 9.78 Å². The summed E-state index contributed by atoms with van der Waals surface area (Å²) in [7, 11) is 0. The van der Waals surface area contributed by atoms with Crippen LogP contribution in [-0.2, 0) is 6.54 Å². The van der Waals surface area contributed by atoms with Gasteiger partial charge < -0.3 is 0 Å². The summed E-state index contributed by atoms with van der Waals surface area (Å²) in [6, 6.07) is 2.19. The molecule has 0 saturated carbocycles. The smallest absolute Gasteiger partial charge is 0.0652 e. The van der Waals surface area contributed by atoms with E-state index in [2.05, 4.69) is 50.5 Å². The van der Waals surface area contributed by atoms with Crippen molar-refractivity contribution in [1.29, 1.82) is 0 Å². The molecule has 2 nitrogen and oxygen atoms in total. The van der Waals surface area contributed by atoms with Gasteiger partial charge in [0.05, 0.1) is 5.69 Å². The molecule has 0 N–H and O–H groups in total. The monoisotopic (exact) mass is 210 g/mol. The van der Waals surface area contributed by atoms with E-state index in [-0.39, 0.29) is 0 Å². The molecule has 1 heterocycles. The van der Waals surface area contributed by atoms with Gasteiger partial charge in [0.2, 0.25) is 0 Å². The second-order valence-corrected chi connectivity index (χ2v) is 4.44. The molecule has 0 aliphatic heterocycles. The molecule has 0 aliphatic carbocycles. The fourth-order valence-corrected chi connectivity index (χ4v) is 1.35. The van der Waals surface area contributed by atoms with Gasteiger partial charge >= 0.3 is 0 Å². The number of aryl methyl sites for hydroxylation is 1. The summed E-state index contributed by atoms with van der Waals surface area (Å²) < 4.78 is 2.11. The van der Waals surface area contributed by atoms with Crippen LogP contribution in [0.15, 0.2) is 6.07 Å². The van der Waals surface area contributed by atoms with Crippen molar-refractivity contribution in [2.75, 3.05) is 0 Å². The molecule has 15 heavy (non-hydrogen) atoms. The maximum atomic E-state index is 4.57. The summed E-state index contributed by atoms with van der Waals surface area (Å²) in [6.45, 7) is 16.0. The third-order valence-corrected chi connectivity index (χ3v) is 2.13. The molecule has 0 spiro atoms. The van der Waals surface area contributed by atoms with E-state index >= 15 is 0 Å². The predicted molar refractivity (Wildman–Crippen MR) is 67.2 cm³/mol. The average Bonchev–Trinajstić information content (AvgIpc) is 2.50. The lowest BCUT2D eigenvalue weighted by atomic mass is 10.1. The van der Waals surface area contributed by atoms with E-state index < -0.39 is 0 Å². The molecule has 1 rings (SSSR count). The summed E-state index contributed by atoms with van der Waals surface area (Å²) in [5, 5.41) is 4.57. The topological polar surface area (TPSA) is 17.8 Å². The zero-order chi connectivity index (χ0) is 12.0. The molecule has 0 aliphatic rings. The summed E-state index contributed by atoms with van der Waals surface area (Å²) in [4.78, 5) is 0. The standard InChI is InChI=1S/C11H20N2.C2H6/c1-8(2)7-13-10(5)6-11(12-13)9(3)4;1-2/h6,8-9H,7H2,1-5H3;1-2H3. The largest absolute Gasteiger partial charge is 0.269 e. The minimum absolute atomic E-state index is 0.534. The van der Waals surface area contributed by atoms with Gasteiger partial charge in [-0.1, -0.05) is 41.5 Å². The zero-order valence-electron chi connectivity index (χ0n) is 11.3. The number of rotatable bonds is 3. The Bertz CT molecular complexity index is 272. The van der Waals surface area contributed by atoms with Crippen LogP contribution in [0.3, 0.4) is 0 Å². The fraction of sp³-hybridized carbons (Fsp3) is 0.769. The van der Waals surface area contributed by atoms with Crippen LogP contribution >= 0.6 is 0 Å². The van der Waals surface area contributed by atoms with Gasteiger partial charge in [-0.05, 0) is 24.8 Å².